The van der Waals surface area contributed by atoms with Crippen molar-refractivity contribution in [3.8, 4) is 5.75 Å². The number of hydrogen-bond donors (Lipinski definition) is 1. The van der Waals surface area contributed by atoms with Gasteiger partial charge < -0.3 is 10.1 Å². The van der Waals surface area contributed by atoms with E-state index in [1.165, 1.54) is 5.56 Å². The van der Waals surface area contributed by atoms with Crippen LogP contribution in [0.3, 0.4) is 0 Å². The van der Waals surface area contributed by atoms with Gasteiger partial charge in [0.15, 0.2) is 0 Å². The summed E-state index contributed by atoms with van der Waals surface area (Å²) < 4.78 is 5.74. The van der Waals surface area contributed by atoms with Crippen molar-refractivity contribution >= 4 is 5.91 Å². The lowest BCUT2D eigenvalue weighted by Crippen LogP contribution is -2.31. The van der Waals surface area contributed by atoms with Gasteiger partial charge >= 0.3 is 0 Å². The highest BCUT2D eigenvalue weighted by atomic mass is 16.5. The molecular formula is C13H15NO2. The zero-order valence-electron chi connectivity index (χ0n) is 9.11. The molecule has 0 radical (unpaired) electrons. The number of para-hydroxylation sites is 1. The van der Waals surface area contributed by atoms with Crippen LogP contribution in [0.5, 0.6) is 5.75 Å². The normalized spacial score (nSPS) is 28.1. The van der Waals surface area contributed by atoms with E-state index in [1.807, 2.05) is 18.2 Å². The van der Waals surface area contributed by atoms with Crippen LogP contribution in [0.25, 0.3) is 0 Å². The molecule has 2 atom stereocenters. The fourth-order valence-electron chi connectivity index (χ4n) is 2.68. The molecule has 0 aliphatic carbocycles. The maximum Gasteiger partial charge on any atom is 0.220 e. The first kappa shape index (κ1) is 9.70. The largest absolute Gasteiger partial charge is 0.493 e. The molecule has 2 aliphatic heterocycles. The molecular weight excluding hydrogens is 202 g/mol. The van der Waals surface area contributed by atoms with Crippen molar-refractivity contribution in [2.24, 2.45) is 5.92 Å². The standard InChI is InChI=1S/C13H15NO2/c15-13-6-5-9-8-16-12-4-2-1-3-10(12)11(9)7-14-13/h1-4,9,11H,5-8H2,(H,14,15)/t9-,11+/m1/s1. The first-order valence-corrected chi connectivity index (χ1v) is 5.83. The molecule has 84 valence electrons. The van der Waals surface area contributed by atoms with Crippen LogP contribution in [0, 0.1) is 5.92 Å². The summed E-state index contributed by atoms with van der Waals surface area (Å²) >= 11 is 0. The van der Waals surface area contributed by atoms with Gasteiger partial charge in [-0.1, -0.05) is 18.2 Å². The number of amides is 1. The van der Waals surface area contributed by atoms with E-state index >= 15 is 0 Å². The van der Waals surface area contributed by atoms with Crippen LogP contribution in [0.15, 0.2) is 24.3 Å². The van der Waals surface area contributed by atoms with Crippen molar-refractivity contribution in [3.05, 3.63) is 29.8 Å². The highest BCUT2D eigenvalue weighted by molar-refractivity contribution is 5.76. The van der Waals surface area contributed by atoms with Crippen LogP contribution in [0.1, 0.15) is 24.3 Å². The molecule has 16 heavy (non-hydrogen) atoms. The third kappa shape index (κ3) is 1.56. The van der Waals surface area contributed by atoms with E-state index in [1.54, 1.807) is 0 Å². The molecule has 1 aromatic carbocycles. The average molecular weight is 217 g/mol. The second-order valence-electron chi connectivity index (χ2n) is 4.56. The molecule has 1 saturated heterocycles. The summed E-state index contributed by atoms with van der Waals surface area (Å²) in [6.07, 6.45) is 1.57. The number of carbonyl (C=O) groups excluding carboxylic acids is 1. The zero-order valence-corrected chi connectivity index (χ0v) is 9.11. The quantitative estimate of drug-likeness (QED) is 0.718. The average Bonchev–Trinajstić information content (AvgIpc) is 2.52. The van der Waals surface area contributed by atoms with Crippen molar-refractivity contribution < 1.29 is 9.53 Å². The Hall–Kier alpha value is -1.51. The van der Waals surface area contributed by atoms with E-state index in [-0.39, 0.29) is 5.91 Å². The van der Waals surface area contributed by atoms with Gasteiger partial charge in [0.2, 0.25) is 5.91 Å². The number of nitrogens with one attached hydrogen (secondary N) is 1. The number of carbonyl (C=O) groups is 1. The van der Waals surface area contributed by atoms with E-state index < -0.39 is 0 Å². The number of rotatable bonds is 0. The van der Waals surface area contributed by atoms with Crippen LogP contribution in [0.2, 0.25) is 0 Å². The van der Waals surface area contributed by atoms with Gasteiger partial charge in [0.1, 0.15) is 5.75 Å². The van der Waals surface area contributed by atoms with E-state index in [0.717, 1.165) is 25.3 Å². The number of ether oxygens (including phenoxy) is 1. The molecule has 1 fully saturated rings. The van der Waals surface area contributed by atoms with E-state index in [9.17, 15) is 4.79 Å². The second-order valence-corrected chi connectivity index (χ2v) is 4.56. The molecule has 0 unspecified atom stereocenters. The van der Waals surface area contributed by atoms with Crippen molar-refractivity contribution in [1.82, 2.24) is 5.32 Å². The second kappa shape index (κ2) is 3.81. The summed E-state index contributed by atoms with van der Waals surface area (Å²) in [7, 11) is 0. The molecule has 0 aromatic heterocycles. The predicted octanol–water partition coefficient (Wildman–Crippen LogP) is 1.69. The number of hydrogen-bond acceptors (Lipinski definition) is 2. The fraction of sp³-hybridized carbons (Fsp3) is 0.462. The third-order valence-electron chi connectivity index (χ3n) is 3.60. The lowest BCUT2D eigenvalue weighted by atomic mass is 9.82. The monoisotopic (exact) mass is 217 g/mol. The van der Waals surface area contributed by atoms with E-state index in [0.29, 0.717) is 18.3 Å². The lowest BCUT2D eigenvalue weighted by molar-refractivity contribution is -0.120. The summed E-state index contributed by atoms with van der Waals surface area (Å²) in [5.41, 5.74) is 1.25. The molecule has 1 aromatic rings. The molecule has 2 heterocycles. The zero-order chi connectivity index (χ0) is 11.0. The van der Waals surface area contributed by atoms with Crippen LogP contribution in [-0.4, -0.2) is 19.1 Å². The van der Waals surface area contributed by atoms with E-state index in [4.69, 9.17) is 4.74 Å². The molecule has 3 heteroatoms. The first-order valence-electron chi connectivity index (χ1n) is 5.83. The maximum atomic E-state index is 11.4. The SMILES string of the molecule is O=C1CC[C@@H]2COc3ccccc3[C@H]2CN1. The molecule has 3 nitrogen and oxygen atoms in total. The third-order valence-corrected chi connectivity index (χ3v) is 3.60. The molecule has 0 saturated carbocycles. The Labute approximate surface area is 94.8 Å². The summed E-state index contributed by atoms with van der Waals surface area (Å²) in [4.78, 5) is 11.4. The van der Waals surface area contributed by atoms with Gasteiger partial charge in [0.25, 0.3) is 0 Å². The minimum atomic E-state index is 0.173. The fourth-order valence-corrected chi connectivity index (χ4v) is 2.68. The maximum absolute atomic E-state index is 11.4. The number of benzene rings is 1. The summed E-state index contributed by atoms with van der Waals surface area (Å²) in [6.45, 7) is 1.50. The minimum absolute atomic E-state index is 0.173. The van der Waals surface area contributed by atoms with Gasteiger partial charge in [0.05, 0.1) is 6.61 Å². The van der Waals surface area contributed by atoms with Gasteiger partial charge in [-0.05, 0) is 18.1 Å². The van der Waals surface area contributed by atoms with Crippen LogP contribution >= 0.6 is 0 Å². The van der Waals surface area contributed by atoms with Crippen LogP contribution < -0.4 is 10.1 Å². The van der Waals surface area contributed by atoms with Gasteiger partial charge in [0, 0.05) is 24.8 Å². The smallest absolute Gasteiger partial charge is 0.220 e. The molecule has 0 bridgehead atoms. The summed E-state index contributed by atoms with van der Waals surface area (Å²) in [5, 5.41) is 2.99. The Morgan fingerprint density at radius 3 is 3.12 bits per heavy atom. The molecule has 1 amide bonds. The van der Waals surface area contributed by atoms with Crippen LogP contribution in [0.4, 0.5) is 0 Å². The van der Waals surface area contributed by atoms with Crippen molar-refractivity contribution in [1.29, 1.82) is 0 Å². The molecule has 1 N–H and O–H groups in total. The first-order chi connectivity index (χ1) is 7.84. The van der Waals surface area contributed by atoms with Gasteiger partial charge in [-0.25, -0.2) is 0 Å². The molecule has 2 aliphatic rings. The van der Waals surface area contributed by atoms with Crippen molar-refractivity contribution in [2.75, 3.05) is 13.2 Å². The highest BCUT2D eigenvalue weighted by Gasteiger charge is 2.33. The Morgan fingerprint density at radius 2 is 2.19 bits per heavy atom. The van der Waals surface area contributed by atoms with Crippen LogP contribution in [-0.2, 0) is 4.79 Å². The van der Waals surface area contributed by atoms with E-state index in [2.05, 4.69) is 11.4 Å². The molecule has 0 spiro atoms. The lowest BCUT2D eigenvalue weighted by Gasteiger charge is -2.31. The predicted molar refractivity (Wildman–Crippen MR) is 60.4 cm³/mol. The Bertz CT molecular complexity index is 416. The molecule has 3 rings (SSSR count). The Kier molecular flexibility index (Phi) is 2.31. The number of fused-ring (bicyclic) bond motifs is 3. The highest BCUT2D eigenvalue weighted by Crippen LogP contribution is 2.39. The topological polar surface area (TPSA) is 38.3 Å². The van der Waals surface area contributed by atoms with Gasteiger partial charge in [-0.3, -0.25) is 4.79 Å². The Balaban J connectivity index is 1.95. The minimum Gasteiger partial charge on any atom is -0.493 e. The van der Waals surface area contributed by atoms with Gasteiger partial charge in [-0.2, -0.15) is 0 Å². The Morgan fingerprint density at radius 1 is 1.31 bits per heavy atom. The summed E-state index contributed by atoms with van der Waals surface area (Å²) in [6, 6.07) is 8.16. The van der Waals surface area contributed by atoms with Crippen molar-refractivity contribution in [3.63, 3.8) is 0 Å². The van der Waals surface area contributed by atoms with Gasteiger partial charge in [-0.15, -0.1) is 0 Å². The summed E-state index contributed by atoms with van der Waals surface area (Å²) in [5.74, 6) is 2.07. The van der Waals surface area contributed by atoms with Crippen molar-refractivity contribution in [2.45, 2.75) is 18.8 Å².